The monoisotopic (exact) mass is 469 g/mol. The first-order valence-electron chi connectivity index (χ1n) is 11.2. The Morgan fingerprint density at radius 1 is 1.15 bits per heavy atom. The molecule has 9 heteroatoms. The number of carbonyl (C=O) groups excluding carboxylic acids is 1. The lowest BCUT2D eigenvalue weighted by molar-refractivity contribution is -0.140. The summed E-state index contributed by atoms with van der Waals surface area (Å²) in [4.78, 5) is 40.4. The second-order valence-corrected chi connectivity index (χ2v) is 8.34. The quantitative estimate of drug-likeness (QED) is 0.520. The summed E-state index contributed by atoms with van der Waals surface area (Å²) in [5.41, 5.74) is -0.692. The second kappa shape index (κ2) is 10.1. The summed E-state index contributed by atoms with van der Waals surface area (Å²) in [5, 5.41) is 10.8. The van der Waals surface area contributed by atoms with E-state index in [2.05, 4.69) is 4.90 Å². The van der Waals surface area contributed by atoms with Crippen LogP contribution in [0.5, 0.6) is 11.5 Å². The minimum atomic E-state index is -1.09. The molecule has 9 nitrogen and oxygen atoms in total. The maximum atomic E-state index is 13.4. The van der Waals surface area contributed by atoms with E-state index >= 15 is 0 Å². The molecule has 2 aromatic heterocycles. The van der Waals surface area contributed by atoms with Crippen molar-refractivity contribution in [2.45, 2.75) is 38.1 Å². The largest absolute Gasteiger partial charge is 0.502 e. The first-order valence-corrected chi connectivity index (χ1v) is 11.2. The van der Waals surface area contributed by atoms with Crippen molar-refractivity contribution in [2.24, 2.45) is 0 Å². The summed E-state index contributed by atoms with van der Waals surface area (Å²) in [6.45, 7) is 2.14. The van der Waals surface area contributed by atoms with E-state index in [-0.39, 0.29) is 23.1 Å². The fourth-order valence-electron chi connectivity index (χ4n) is 4.29. The number of hydrogen-bond acceptors (Lipinski definition) is 9. The van der Waals surface area contributed by atoms with Gasteiger partial charge in [-0.3, -0.25) is 19.3 Å². The molecule has 0 saturated carbocycles. The van der Waals surface area contributed by atoms with Gasteiger partial charge in [-0.05, 0) is 44.1 Å². The van der Waals surface area contributed by atoms with Crippen LogP contribution in [0.2, 0.25) is 0 Å². The van der Waals surface area contributed by atoms with Crippen LogP contribution in [-0.4, -0.2) is 43.3 Å². The van der Waals surface area contributed by atoms with Crippen molar-refractivity contribution in [1.82, 2.24) is 4.90 Å². The van der Waals surface area contributed by atoms with Gasteiger partial charge in [0.15, 0.2) is 11.2 Å². The SMILES string of the molecule is COC(=O)CC(c1oc(CN2CCCCC2)cc(=O)c1O)c1coc2ccc(OC)cc2c1=O. The Balaban J connectivity index is 1.83. The zero-order chi connectivity index (χ0) is 24.2. The van der Waals surface area contributed by atoms with Gasteiger partial charge in [0.05, 0.1) is 44.8 Å². The summed E-state index contributed by atoms with van der Waals surface area (Å²) < 4.78 is 21.6. The molecule has 0 bridgehead atoms. The number of carbonyl (C=O) groups is 1. The fraction of sp³-hybridized carbons (Fsp3) is 0.400. The number of fused-ring (bicyclic) bond motifs is 1. The van der Waals surface area contributed by atoms with E-state index in [4.69, 9.17) is 18.3 Å². The number of ether oxygens (including phenoxy) is 2. The van der Waals surface area contributed by atoms with Gasteiger partial charge in [-0.25, -0.2) is 0 Å². The third kappa shape index (κ3) is 4.84. The Morgan fingerprint density at radius 3 is 2.62 bits per heavy atom. The van der Waals surface area contributed by atoms with E-state index in [1.807, 2.05) is 0 Å². The Bertz CT molecular complexity index is 1300. The molecule has 0 radical (unpaired) electrons. The van der Waals surface area contributed by atoms with Gasteiger partial charge >= 0.3 is 5.97 Å². The van der Waals surface area contributed by atoms with E-state index in [9.17, 15) is 19.5 Å². The van der Waals surface area contributed by atoms with Crippen LogP contribution >= 0.6 is 0 Å². The number of aromatic hydroxyl groups is 1. The molecule has 1 N–H and O–H groups in total. The maximum Gasteiger partial charge on any atom is 0.306 e. The number of hydrogen-bond donors (Lipinski definition) is 1. The predicted molar refractivity (Wildman–Crippen MR) is 123 cm³/mol. The van der Waals surface area contributed by atoms with Gasteiger partial charge in [-0.15, -0.1) is 0 Å². The average molecular weight is 469 g/mol. The highest BCUT2D eigenvalue weighted by Crippen LogP contribution is 2.33. The predicted octanol–water partition coefficient (Wildman–Crippen LogP) is 3.14. The summed E-state index contributed by atoms with van der Waals surface area (Å²) in [6, 6.07) is 6.04. The lowest BCUT2D eigenvalue weighted by Crippen LogP contribution is -2.29. The third-order valence-electron chi connectivity index (χ3n) is 6.12. The molecular formula is C25H27NO8. The highest BCUT2D eigenvalue weighted by Gasteiger charge is 2.30. The third-order valence-corrected chi connectivity index (χ3v) is 6.12. The smallest absolute Gasteiger partial charge is 0.306 e. The van der Waals surface area contributed by atoms with Crippen LogP contribution in [0.1, 0.15) is 48.7 Å². The second-order valence-electron chi connectivity index (χ2n) is 8.34. The summed E-state index contributed by atoms with van der Waals surface area (Å²) >= 11 is 0. The van der Waals surface area contributed by atoms with Gasteiger partial charge in [0.2, 0.25) is 11.2 Å². The molecule has 0 amide bonds. The van der Waals surface area contributed by atoms with Gasteiger partial charge in [-0.2, -0.15) is 0 Å². The minimum Gasteiger partial charge on any atom is -0.502 e. The highest BCUT2D eigenvalue weighted by molar-refractivity contribution is 5.79. The Kier molecular flexibility index (Phi) is 7.02. The Hall–Kier alpha value is -3.59. The van der Waals surface area contributed by atoms with E-state index < -0.39 is 28.5 Å². The van der Waals surface area contributed by atoms with Crippen LogP contribution in [0.4, 0.5) is 0 Å². The summed E-state index contributed by atoms with van der Waals surface area (Å²) in [6.07, 6.45) is 4.16. The molecule has 1 aromatic carbocycles. The standard InChI is InChI=1S/C25H27NO8/c1-31-15-6-7-21-18(10-15)23(29)19(14-33-21)17(12-22(28)32-2)25-24(30)20(27)11-16(34-25)13-26-8-4-3-5-9-26/h6-7,10-11,14,17,30H,3-5,8-9,12-13H2,1-2H3. The molecule has 3 aromatic rings. The van der Waals surface area contributed by atoms with Crippen LogP contribution in [-0.2, 0) is 16.1 Å². The lowest BCUT2D eigenvalue weighted by atomic mass is 9.92. The van der Waals surface area contributed by atoms with Gasteiger partial charge in [-0.1, -0.05) is 6.42 Å². The molecule has 180 valence electrons. The zero-order valence-electron chi connectivity index (χ0n) is 19.2. The van der Waals surface area contributed by atoms with Crippen molar-refractivity contribution in [1.29, 1.82) is 0 Å². The van der Waals surface area contributed by atoms with Gasteiger partial charge < -0.3 is 23.4 Å². The van der Waals surface area contributed by atoms with Crippen molar-refractivity contribution in [3.63, 3.8) is 0 Å². The molecule has 4 rings (SSSR count). The number of methoxy groups -OCH3 is 2. The van der Waals surface area contributed by atoms with E-state index in [1.165, 1.54) is 32.6 Å². The number of nitrogens with zero attached hydrogens (tertiary/aromatic N) is 1. The number of benzene rings is 1. The molecular weight excluding hydrogens is 442 g/mol. The van der Waals surface area contributed by atoms with Crippen LogP contribution in [0.3, 0.4) is 0 Å². The molecule has 0 aliphatic carbocycles. The van der Waals surface area contributed by atoms with Crippen LogP contribution in [0, 0.1) is 0 Å². The van der Waals surface area contributed by atoms with Crippen molar-refractivity contribution in [3.8, 4) is 11.5 Å². The van der Waals surface area contributed by atoms with Gasteiger partial charge in [0, 0.05) is 11.6 Å². The zero-order valence-corrected chi connectivity index (χ0v) is 19.2. The van der Waals surface area contributed by atoms with Crippen LogP contribution in [0.15, 0.2) is 49.0 Å². The van der Waals surface area contributed by atoms with Crippen LogP contribution in [0.25, 0.3) is 11.0 Å². The molecule has 1 fully saturated rings. The summed E-state index contributed by atoms with van der Waals surface area (Å²) in [7, 11) is 2.70. The topological polar surface area (TPSA) is 119 Å². The van der Waals surface area contributed by atoms with Gasteiger partial charge in [0.1, 0.15) is 17.1 Å². The van der Waals surface area contributed by atoms with Crippen LogP contribution < -0.4 is 15.6 Å². The normalized spacial score (nSPS) is 15.2. The van der Waals surface area contributed by atoms with E-state index in [0.717, 1.165) is 32.4 Å². The maximum absolute atomic E-state index is 13.4. The van der Waals surface area contributed by atoms with Crippen molar-refractivity contribution < 1.29 is 28.2 Å². The minimum absolute atomic E-state index is 0.0553. The number of esters is 1. The Labute approximate surface area is 195 Å². The number of rotatable bonds is 7. The average Bonchev–Trinajstić information content (AvgIpc) is 2.85. The molecule has 1 atom stereocenters. The first kappa shape index (κ1) is 23.6. The summed E-state index contributed by atoms with van der Waals surface area (Å²) in [5.74, 6) is -1.74. The van der Waals surface area contributed by atoms with Gasteiger partial charge in [0.25, 0.3) is 0 Å². The molecule has 1 unspecified atom stereocenters. The molecule has 34 heavy (non-hydrogen) atoms. The number of piperidine rings is 1. The van der Waals surface area contributed by atoms with Crippen molar-refractivity contribution >= 4 is 16.9 Å². The lowest BCUT2D eigenvalue weighted by Gasteiger charge is -2.26. The fourth-order valence-corrected chi connectivity index (χ4v) is 4.29. The first-order chi connectivity index (χ1) is 16.4. The highest BCUT2D eigenvalue weighted by atomic mass is 16.5. The van der Waals surface area contributed by atoms with Crippen molar-refractivity contribution in [2.75, 3.05) is 27.3 Å². The molecule has 1 saturated heterocycles. The van der Waals surface area contributed by atoms with Crippen molar-refractivity contribution in [3.05, 3.63) is 68.1 Å². The Morgan fingerprint density at radius 2 is 1.91 bits per heavy atom. The van der Waals surface area contributed by atoms with E-state index in [1.54, 1.807) is 12.1 Å². The molecule has 1 aliphatic heterocycles. The number of likely N-dealkylation sites (tertiary alicyclic amines) is 1. The molecule has 3 heterocycles. The molecule has 0 spiro atoms. The molecule has 1 aliphatic rings. The van der Waals surface area contributed by atoms with E-state index in [0.29, 0.717) is 23.6 Å².